The molecule has 0 saturated carbocycles. The van der Waals surface area contributed by atoms with Gasteiger partial charge in [0.1, 0.15) is 5.82 Å². The first-order chi connectivity index (χ1) is 13.4. The number of pyridine rings is 2. The van der Waals surface area contributed by atoms with Crippen molar-refractivity contribution >= 4 is 23.2 Å². The molecule has 0 radical (unpaired) electrons. The molecule has 0 bridgehead atoms. The summed E-state index contributed by atoms with van der Waals surface area (Å²) in [6, 6.07) is 4.05. The zero-order valence-corrected chi connectivity index (χ0v) is 16.3. The van der Waals surface area contributed by atoms with E-state index in [1.54, 1.807) is 12.1 Å². The van der Waals surface area contributed by atoms with Gasteiger partial charge in [0.25, 0.3) is 5.91 Å². The highest BCUT2D eigenvalue weighted by atomic mass is 19.1. The van der Waals surface area contributed by atoms with Crippen molar-refractivity contribution in [1.29, 1.82) is 0 Å². The number of nitrogens with zero attached hydrogens (tertiary/aromatic N) is 2. The molecule has 2 atom stereocenters. The van der Waals surface area contributed by atoms with E-state index >= 15 is 0 Å². The molecular weight excluding hydrogens is 363 g/mol. The number of carbonyl (C=O) groups excluding carboxylic acids is 1. The summed E-state index contributed by atoms with van der Waals surface area (Å²) in [6.07, 6.45) is 3.91. The molecule has 0 saturated heterocycles. The first-order valence-corrected chi connectivity index (χ1v) is 9.19. The van der Waals surface area contributed by atoms with Gasteiger partial charge in [-0.25, -0.2) is 14.4 Å². The number of hydrogen-bond acceptors (Lipinski definition) is 7. The molecule has 0 aromatic carbocycles. The molecule has 2 aromatic rings. The second-order valence-corrected chi connectivity index (χ2v) is 6.40. The average molecular weight is 390 g/mol. The summed E-state index contributed by atoms with van der Waals surface area (Å²) in [7, 11) is 1.49. The van der Waals surface area contributed by atoms with E-state index in [-0.39, 0.29) is 29.3 Å². The Morgan fingerprint density at radius 3 is 2.68 bits per heavy atom. The minimum atomic E-state index is -0.795. The molecule has 1 amide bonds. The molecule has 0 aliphatic carbocycles. The quantitative estimate of drug-likeness (QED) is 0.491. The van der Waals surface area contributed by atoms with E-state index in [2.05, 4.69) is 20.6 Å². The Morgan fingerprint density at radius 1 is 1.32 bits per heavy atom. The van der Waals surface area contributed by atoms with Crippen LogP contribution in [-0.2, 0) is 0 Å². The van der Waals surface area contributed by atoms with Crippen LogP contribution in [0.4, 0.5) is 21.7 Å². The highest BCUT2D eigenvalue weighted by Crippen LogP contribution is 2.26. The summed E-state index contributed by atoms with van der Waals surface area (Å²) >= 11 is 0. The zero-order chi connectivity index (χ0) is 20.7. The summed E-state index contributed by atoms with van der Waals surface area (Å²) in [5.41, 5.74) is 12.0. The predicted octanol–water partition coefficient (Wildman–Crippen LogP) is 2.78. The topological polar surface area (TPSA) is 128 Å². The van der Waals surface area contributed by atoms with Gasteiger partial charge >= 0.3 is 0 Å². The number of amides is 1. The third-order valence-corrected chi connectivity index (χ3v) is 4.36. The van der Waals surface area contributed by atoms with E-state index in [1.165, 1.54) is 13.3 Å². The number of aromatic nitrogens is 2. The maximum Gasteiger partial charge on any atom is 0.252 e. The van der Waals surface area contributed by atoms with Gasteiger partial charge in [0.05, 0.1) is 12.7 Å². The van der Waals surface area contributed by atoms with Crippen LogP contribution in [0.15, 0.2) is 24.4 Å². The monoisotopic (exact) mass is 390 g/mol. The lowest BCUT2D eigenvalue weighted by atomic mass is 10.0. The van der Waals surface area contributed by atoms with E-state index in [4.69, 9.17) is 16.2 Å². The van der Waals surface area contributed by atoms with Crippen molar-refractivity contribution in [2.24, 2.45) is 11.5 Å². The number of methoxy groups -OCH3 is 1. The standard InChI is InChI=1S/C19H27FN6O2/c1-4-6-15(14(21)5-2)25-19-13(20)10-12(17(22)27)18(26-19)24-11-7-8-23-16(9-11)28-3/h7-10,14-15H,4-6,21H2,1-3H3,(H2,22,27)(H2,23,24,25,26)/t14-,15+/m0/s1. The highest BCUT2D eigenvalue weighted by Gasteiger charge is 2.21. The van der Waals surface area contributed by atoms with Crippen LogP contribution in [-0.4, -0.2) is 35.1 Å². The fourth-order valence-corrected chi connectivity index (χ4v) is 2.77. The van der Waals surface area contributed by atoms with Crippen LogP contribution in [0.1, 0.15) is 43.5 Å². The van der Waals surface area contributed by atoms with E-state index in [0.717, 1.165) is 25.3 Å². The van der Waals surface area contributed by atoms with Crippen molar-refractivity contribution < 1.29 is 13.9 Å². The normalized spacial score (nSPS) is 12.9. The van der Waals surface area contributed by atoms with E-state index < -0.39 is 11.7 Å². The van der Waals surface area contributed by atoms with Gasteiger partial charge in [-0.1, -0.05) is 20.3 Å². The third-order valence-electron chi connectivity index (χ3n) is 4.36. The Hall–Kier alpha value is -2.94. The number of halogens is 1. The van der Waals surface area contributed by atoms with Crippen LogP contribution in [0.3, 0.4) is 0 Å². The Labute approximate surface area is 163 Å². The molecule has 0 unspecified atom stereocenters. The maximum atomic E-state index is 14.6. The van der Waals surface area contributed by atoms with Gasteiger partial charge in [-0.3, -0.25) is 4.79 Å². The largest absolute Gasteiger partial charge is 0.481 e. The van der Waals surface area contributed by atoms with Crippen molar-refractivity contribution in [3.05, 3.63) is 35.8 Å². The van der Waals surface area contributed by atoms with Crippen LogP contribution in [0.2, 0.25) is 0 Å². The van der Waals surface area contributed by atoms with Gasteiger partial charge in [-0.15, -0.1) is 0 Å². The van der Waals surface area contributed by atoms with Gasteiger partial charge in [-0.05, 0) is 25.0 Å². The number of nitrogens with two attached hydrogens (primary N) is 2. The number of nitrogens with one attached hydrogen (secondary N) is 2. The molecule has 0 aliphatic rings. The smallest absolute Gasteiger partial charge is 0.252 e. The number of anilines is 3. The van der Waals surface area contributed by atoms with Crippen molar-refractivity contribution in [2.75, 3.05) is 17.7 Å². The summed E-state index contributed by atoms with van der Waals surface area (Å²) in [5, 5.41) is 6.05. The molecule has 0 spiro atoms. The van der Waals surface area contributed by atoms with E-state index in [9.17, 15) is 9.18 Å². The molecular formula is C19H27FN6O2. The molecule has 2 rings (SSSR count). The van der Waals surface area contributed by atoms with Gasteiger partial charge in [0.15, 0.2) is 11.6 Å². The molecule has 8 nitrogen and oxygen atoms in total. The van der Waals surface area contributed by atoms with Gasteiger partial charge in [0.2, 0.25) is 5.88 Å². The first kappa shape index (κ1) is 21.4. The Balaban J connectivity index is 2.40. The highest BCUT2D eigenvalue weighted by molar-refractivity contribution is 5.98. The summed E-state index contributed by atoms with van der Waals surface area (Å²) < 4.78 is 19.7. The van der Waals surface area contributed by atoms with Crippen molar-refractivity contribution in [2.45, 2.75) is 45.2 Å². The van der Waals surface area contributed by atoms with Crippen LogP contribution in [0.25, 0.3) is 0 Å². The van der Waals surface area contributed by atoms with Crippen molar-refractivity contribution in [1.82, 2.24) is 9.97 Å². The lowest BCUT2D eigenvalue weighted by molar-refractivity contribution is 0.100. The SMILES string of the molecule is CCC[C@@H](Nc1nc(Nc2ccnc(OC)c2)c(C(N)=O)cc1F)[C@@H](N)CC. The molecule has 2 aromatic heterocycles. The van der Waals surface area contributed by atoms with Crippen LogP contribution in [0, 0.1) is 5.82 Å². The van der Waals surface area contributed by atoms with Crippen LogP contribution < -0.4 is 26.8 Å². The number of rotatable bonds is 10. The average Bonchev–Trinajstić information content (AvgIpc) is 2.69. The third kappa shape index (κ3) is 5.29. The van der Waals surface area contributed by atoms with Gasteiger partial charge in [-0.2, -0.15) is 0 Å². The lowest BCUT2D eigenvalue weighted by Crippen LogP contribution is -2.40. The van der Waals surface area contributed by atoms with Crippen LogP contribution >= 0.6 is 0 Å². The molecule has 2 heterocycles. The molecule has 9 heteroatoms. The molecule has 152 valence electrons. The van der Waals surface area contributed by atoms with E-state index in [1.807, 2.05) is 13.8 Å². The summed E-state index contributed by atoms with van der Waals surface area (Å²) in [4.78, 5) is 20.1. The van der Waals surface area contributed by atoms with E-state index in [0.29, 0.717) is 11.6 Å². The number of carbonyl (C=O) groups is 1. The predicted molar refractivity (Wildman–Crippen MR) is 107 cm³/mol. The number of primary amides is 1. The van der Waals surface area contributed by atoms with Crippen molar-refractivity contribution in [3.63, 3.8) is 0 Å². The maximum absolute atomic E-state index is 14.6. The Kier molecular flexibility index (Phi) is 7.51. The van der Waals surface area contributed by atoms with Crippen molar-refractivity contribution in [3.8, 4) is 5.88 Å². The minimum absolute atomic E-state index is 0.0101. The fraction of sp³-hybridized carbons (Fsp3) is 0.421. The molecule has 6 N–H and O–H groups in total. The zero-order valence-electron chi connectivity index (χ0n) is 16.3. The number of hydrogen-bond donors (Lipinski definition) is 4. The molecule has 0 fully saturated rings. The first-order valence-electron chi connectivity index (χ1n) is 9.19. The second kappa shape index (κ2) is 9.84. The lowest BCUT2D eigenvalue weighted by Gasteiger charge is -2.25. The Bertz CT molecular complexity index is 817. The van der Waals surface area contributed by atoms with Gasteiger partial charge in [0, 0.05) is 30.0 Å². The second-order valence-electron chi connectivity index (χ2n) is 6.40. The van der Waals surface area contributed by atoms with Gasteiger partial charge < -0.3 is 26.8 Å². The minimum Gasteiger partial charge on any atom is -0.481 e. The van der Waals surface area contributed by atoms with Crippen LogP contribution in [0.5, 0.6) is 5.88 Å². The molecule has 28 heavy (non-hydrogen) atoms. The molecule has 0 aliphatic heterocycles. The summed E-state index contributed by atoms with van der Waals surface area (Å²) in [5.74, 6) is -0.947. The number of ether oxygens (including phenoxy) is 1. The summed E-state index contributed by atoms with van der Waals surface area (Å²) in [6.45, 7) is 4.00. The fourth-order valence-electron chi connectivity index (χ4n) is 2.77. The Morgan fingerprint density at radius 2 is 2.07 bits per heavy atom.